The van der Waals surface area contributed by atoms with Crippen LogP contribution in [0.15, 0.2) is 59.8 Å². The smallest absolute Gasteiger partial charge is 0.319 e. The molecule has 0 unspecified atom stereocenters. The van der Waals surface area contributed by atoms with Crippen LogP contribution in [0.25, 0.3) is 0 Å². The van der Waals surface area contributed by atoms with Crippen molar-refractivity contribution in [1.29, 1.82) is 0 Å². The lowest BCUT2D eigenvalue weighted by molar-refractivity contribution is -0.113. The first-order valence-electron chi connectivity index (χ1n) is 7.89. The standard InChI is InChI=1S/C19H19N3O3/c1-11-3-7-14(8-4-11)21-18(24)16-12(2)20-19(25)22-17(16)13-5-9-15(23)10-6-13/h3-10,17,23H,1-2H3,(H,21,24)(H2,20,22,25)/t17-/m1/s1. The van der Waals surface area contributed by atoms with E-state index in [4.69, 9.17) is 0 Å². The fraction of sp³-hybridized carbons (Fsp3) is 0.158. The molecule has 6 heteroatoms. The first kappa shape index (κ1) is 16.6. The van der Waals surface area contributed by atoms with Crippen molar-refractivity contribution in [2.45, 2.75) is 19.9 Å². The molecule has 2 aromatic carbocycles. The number of aryl methyl sites for hydroxylation is 1. The van der Waals surface area contributed by atoms with E-state index in [0.29, 0.717) is 22.5 Å². The lowest BCUT2D eigenvalue weighted by Gasteiger charge is -2.28. The van der Waals surface area contributed by atoms with Gasteiger partial charge in [0.05, 0.1) is 11.6 Å². The summed E-state index contributed by atoms with van der Waals surface area (Å²) in [6.45, 7) is 3.66. The summed E-state index contributed by atoms with van der Waals surface area (Å²) in [4.78, 5) is 24.7. The topological polar surface area (TPSA) is 90.5 Å². The molecule has 1 atom stereocenters. The molecule has 3 amide bonds. The Kier molecular flexibility index (Phi) is 4.43. The minimum atomic E-state index is -0.597. The maximum Gasteiger partial charge on any atom is 0.319 e. The van der Waals surface area contributed by atoms with E-state index in [1.807, 2.05) is 31.2 Å². The molecule has 0 bridgehead atoms. The quantitative estimate of drug-likeness (QED) is 0.694. The number of aromatic hydroxyl groups is 1. The first-order chi connectivity index (χ1) is 11.9. The normalized spacial score (nSPS) is 16.9. The number of urea groups is 1. The average Bonchev–Trinajstić information content (AvgIpc) is 2.57. The Hall–Kier alpha value is -3.28. The number of anilines is 1. The van der Waals surface area contributed by atoms with Gasteiger partial charge < -0.3 is 21.1 Å². The van der Waals surface area contributed by atoms with E-state index < -0.39 is 6.04 Å². The predicted octanol–water partition coefficient (Wildman–Crippen LogP) is 2.97. The van der Waals surface area contributed by atoms with Gasteiger partial charge in [-0.05, 0) is 43.7 Å². The monoisotopic (exact) mass is 337 g/mol. The lowest BCUT2D eigenvalue weighted by atomic mass is 9.94. The van der Waals surface area contributed by atoms with Crippen molar-refractivity contribution in [2.75, 3.05) is 5.32 Å². The minimum absolute atomic E-state index is 0.121. The summed E-state index contributed by atoms with van der Waals surface area (Å²) in [5, 5.41) is 17.7. The van der Waals surface area contributed by atoms with E-state index in [9.17, 15) is 14.7 Å². The second kappa shape index (κ2) is 6.68. The van der Waals surface area contributed by atoms with Gasteiger partial charge in [-0.2, -0.15) is 0 Å². The van der Waals surface area contributed by atoms with Crippen LogP contribution < -0.4 is 16.0 Å². The van der Waals surface area contributed by atoms with Crippen LogP contribution in [0.1, 0.15) is 24.1 Å². The molecule has 0 fully saturated rings. The van der Waals surface area contributed by atoms with Gasteiger partial charge in [0.1, 0.15) is 5.75 Å². The van der Waals surface area contributed by atoms with Crippen LogP contribution in [0.5, 0.6) is 5.75 Å². The second-order valence-electron chi connectivity index (χ2n) is 5.98. The summed E-state index contributed by atoms with van der Waals surface area (Å²) < 4.78 is 0. The number of rotatable bonds is 3. The molecule has 1 heterocycles. The van der Waals surface area contributed by atoms with Gasteiger partial charge in [0.2, 0.25) is 0 Å². The summed E-state index contributed by atoms with van der Waals surface area (Å²) in [5.41, 5.74) is 3.40. The molecule has 4 N–H and O–H groups in total. The van der Waals surface area contributed by atoms with E-state index in [0.717, 1.165) is 5.56 Å². The fourth-order valence-electron chi connectivity index (χ4n) is 2.75. The Labute approximate surface area is 145 Å². The number of nitrogens with one attached hydrogen (secondary N) is 3. The predicted molar refractivity (Wildman–Crippen MR) is 95.0 cm³/mol. The SMILES string of the molecule is CC1=C(C(=O)Nc2ccc(C)cc2)[C@@H](c2ccc(O)cc2)NC(=O)N1. The molecule has 128 valence electrons. The highest BCUT2D eigenvalue weighted by Crippen LogP contribution is 2.28. The molecular formula is C19H19N3O3. The van der Waals surface area contributed by atoms with Crippen LogP contribution in [-0.4, -0.2) is 17.0 Å². The number of amides is 3. The maximum absolute atomic E-state index is 12.8. The van der Waals surface area contributed by atoms with Crippen LogP contribution in [0, 0.1) is 6.92 Å². The van der Waals surface area contributed by atoms with Gasteiger partial charge in [-0.25, -0.2) is 4.79 Å². The number of carbonyl (C=O) groups excluding carboxylic acids is 2. The number of allylic oxidation sites excluding steroid dienone is 1. The number of hydrogen-bond acceptors (Lipinski definition) is 3. The van der Waals surface area contributed by atoms with Crippen LogP contribution in [0.4, 0.5) is 10.5 Å². The van der Waals surface area contributed by atoms with Gasteiger partial charge in [0, 0.05) is 11.4 Å². The van der Waals surface area contributed by atoms with Crippen LogP contribution in [0.3, 0.4) is 0 Å². The molecule has 0 spiro atoms. The summed E-state index contributed by atoms with van der Waals surface area (Å²) in [7, 11) is 0. The van der Waals surface area contributed by atoms with Crippen molar-refractivity contribution >= 4 is 17.6 Å². The molecule has 0 saturated carbocycles. The van der Waals surface area contributed by atoms with Gasteiger partial charge in [0.15, 0.2) is 0 Å². The number of phenols is 1. The van der Waals surface area contributed by atoms with Crippen molar-refractivity contribution in [1.82, 2.24) is 10.6 Å². The molecule has 2 aromatic rings. The third-order valence-corrected chi connectivity index (χ3v) is 4.05. The van der Waals surface area contributed by atoms with E-state index in [2.05, 4.69) is 16.0 Å². The van der Waals surface area contributed by atoms with Gasteiger partial charge in [0.25, 0.3) is 5.91 Å². The minimum Gasteiger partial charge on any atom is -0.508 e. The molecule has 6 nitrogen and oxygen atoms in total. The van der Waals surface area contributed by atoms with Crippen molar-refractivity contribution in [3.63, 3.8) is 0 Å². The zero-order valence-corrected chi connectivity index (χ0v) is 14.0. The molecular weight excluding hydrogens is 318 g/mol. The van der Waals surface area contributed by atoms with Crippen molar-refractivity contribution in [2.24, 2.45) is 0 Å². The molecule has 1 aliphatic heterocycles. The van der Waals surface area contributed by atoms with Gasteiger partial charge in [-0.1, -0.05) is 29.8 Å². The number of carbonyl (C=O) groups is 2. The zero-order valence-electron chi connectivity index (χ0n) is 14.0. The molecule has 25 heavy (non-hydrogen) atoms. The average molecular weight is 337 g/mol. The third-order valence-electron chi connectivity index (χ3n) is 4.05. The Morgan fingerprint density at radius 3 is 2.32 bits per heavy atom. The molecule has 3 rings (SSSR count). The number of benzene rings is 2. The van der Waals surface area contributed by atoms with Gasteiger partial charge >= 0.3 is 6.03 Å². The maximum atomic E-state index is 12.8. The molecule has 1 aliphatic rings. The van der Waals surface area contributed by atoms with Crippen molar-refractivity contribution < 1.29 is 14.7 Å². The van der Waals surface area contributed by atoms with E-state index >= 15 is 0 Å². The fourth-order valence-corrected chi connectivity index (χ4v) is 2.75. The third kappa shape index (κ3) is 3.63. The zero-order chi connectivity index (χ0) is 18.0. The van der Waals surface area contributed by atoms with Crippen molar-refractivity contribution in [3.05, 3.63) is 70.9 Å². The second-order valence-corrected chi connectivity index (χ2v) is 5.98. The molecule has 0 saturated heterocycles. The summed E-state index contributed by atoms with van der Waals surface area (Å²) in [6.07, 6.45) is 0. The van der Waals surface area contributed by atoms with Crippen LogP contribution in [-0.2, 0) is 4.79 Å². The summed E-state index contributed by atoms with van der Waals surface area (Å²) in [5.74, 6) is -0.178. The van der Waals surface area contributed by atoms with E-state index in [1.165, 1.54) is 12.1 Å². The van der Waals surface area contributed by atoms with Gasteiger partial charge in [-0.3, -0.25) is 4.79 Å². The molecule has 0 aromatic heterocycles. The highest BCUT2D eigenvalue weighted by atomic mass is 16.3. The largest absolute Gasteiger partial charge is 0.508 e. The summed E-state index contributed by atoms with van der Waals surface area (Å²) >= 11 is 0. The number of hydrogen-bond donors (Lipinski definition) is 4. The van der Waals surface area contributed by atoms with E-state index in [1.54, 1.807) is 19.1 Å². The molecule has 0 aliphatic carbocycles. The molecule has 0 radical (unpaired) electrons. The van der Waals surface area contributed by atoms with Crippen LogP contribution >= 0.6 is 0 Å². The van der Waals surface area contributed by atoms with Crippen LogP contribution in [0.2, 0.25) is 0 Å². The lowest BCUT2D eigenvalue weighted by Crippen LogP contribution is -2.45. The van der Waals surface area contributed by atoms with Crippen molar-refractivity contribution in [3.8, 4) is 5.75 Å². The summed E-state index contributed by atoms with van der Waals surface area (Å²) in [6, 6.07) is 12.9. The highest BCUT2D eigenvalue weighted by Gasteiger charge is 2.31. The van der Waals surface area contributed by atoms with E-state index in [-0.39, 0.29) is 17.7 Å². The highest BCUT2D eigenvalue weighted by molar-refractivity contribution is 6.06. The number of phenolic OH excluding ortho intramolecular Hbond substituents is 1. The Morgan fingerprint density at radius 1 is 1.04 bits per heavy atom. The Balaban J connectivity index is 1.92. The Morgan fingerprint density at radius 2 is 1.68 bits per heavy atom. The first-order valence-corrected chi connectivity index (χ1v) is 7.89. The Bertz CT molecular complexity index is 839. The van der Waals surface area contributed by atoms with Gasteiger partial charge in [-0.15, -0.1) is 0 Å².